The minimum absolute atomic E-state index is 0.0360. The number of nitrogens with zero attached hydrogens (tertiary/aromatic N) is 3. The lowest BCUT2D eigenvalue weighted by molar-refractivity contribution is -0.384. The van der Waals surface area contributed by atoms with Crippen LogP contribution in [0.25, 0.3) is 0 Å². The molecule has 0 aliphatic carbocycles. The van der Waals surface area contributed by atoms with Crippen LogP contribution in [-0.4, -0.2) is 47.9 Å². The number of hydrogen-bond donors (Lipinski definition) is 0. The highest BCUT2D eigenvalue weighted by Gasteiger charge is 2.35. The molecule has 2 aromatic rings. The number of nitro benzene ring substituents is 1. The molecule has 1 fully saturated rings. The molecule has 2 amide bonds. The van der Waals surface area contributed by atoms with Crippen molar-refractivity contribution in [2.45, 2.75) is 13.0 Å². The number of amides is 2. The third kappa shape index (κ3) is 3.59. The molecule has 2 aromatic carbocycles. The summed E-state index contributed by atoms with van der Waals surface area (Å²) in [7, 11) is 1.53. The minimum atomic E-state index is -0.646. The number of carbonyl (C=O) groups excluding carboxylic acids is 2. The standard InChI is InChI=1S/C19H19N3O5/c1-13-18(23)21(15-6-8-16(9-7-15)22(25)26)11-10-20(13)19(24)14-4-3-5-17(12-14)27-2/h3-9,12-13H,10-11H2,1-2H3/t13-/m1/s1. The van der Waals surface area contributed by atoms with Crippen LogP contribution in [0.1, 0.15) is 17.3 Å². The topological polar surface area (TPSA) is 93.0 Å². The van der Waals surface area contributed by atoms with Crippen molar-refractivity contribution in [1.82, 2.24) is 4.90 Å². The van der Waals surface area contributed by atoms with E-state index >= 15 is 0 Å². The van der Waals surface area contributed by atoms with Crippen molar-refractivity contribution in [3.63, 3.8) is 0 Å². The van der Waals surface area contributed by atoms with E-state index in [1.807, 2.05) is 0 Å². The van der Waals surface area contributed by atoms with E-state index in [-0.39, 0.29) is 17.5 Å². The fourth-order valence-electron chi connectivity index (χ4n) is 3.08. The van der Waals surface area contributed by atoms with Crippen LogP contribution in [0.3, 0.4) is 0 Å². The van der Waals surface area contributed by atoms with E-state index in [2.05, 4.69) is 0 Å². The average Bonchev–Trinajstić information content (AvgIpc) is 2.69. The number of nitro groups is 1. The smallest absolute Gasteiger partial charge is 0.269 e. The molecule has 3 rings (SSSR count). The van der Waals surface area contributed by atoms with Gasteiger partial charge in [-0.3, -0.25) is 19.7 Å². The first-order valence-electron chi connectivity index (χ1n) is 8.43. The summed E-state index contributed by atoms with van der Waals surface area (Å²) < 4.78 is 5.15. The lowest BCUT2D eigenvalue weighted by Crippen LogP contribution is -2.57. The van der Waals surface area contributed by atoms with Gasteiger partial charge >= 0.3 is 0 Å². The molecule has 8 nitrogen and oxygen atoms in total. The zero-order chi connectivity index (χ0) is 19.6. The third-order valence-electron chi connectivity index (χ3n) is 4.61. The number of piperazine rings is 1. The van der Waals surface area contributed by atoms with Crippen LogP contribution >= 0.6 is 0 Å². The summed E-state index contributed by atoms with van der Waals surface area (Å²) in [4.78, 5) is 39.0. The van der Waals surface area contributed by atoms with Gasteiger partial charge in [0.1, 0.15) is 11.8 Å². The summed E-state index contributed by atoms with van der Waals surface area (Å²) in [6.45, 7) is 2.36. The van der Waals surface area contributed by atoms with Crippen LogP contribution in [0, 0.1) is 10.1 Å². The van der Waals surface area contributed by atoms with E-state index in [4.69, 9.17) is 4.74 Å². The Bertz CT molecular complexity index is 881. The molecule has 0 bridgehead atoms. The Hall–Kier alpha value is -3.42. The fourth-order valence-corrected chi connectivity index (χ4v) is 3.08. The SMILES string of the molecule is COc1cccc(C(=O)N2CCN(c3ccc([N+](=O)[O-])cc3)C(=O)[C@H]2C)c1. The number of carbonyl (C=O) groups is 2. The molecular weight excluding hydrogens is 350 g/mol. The van der Waals surface area contributed by atoms with Crippen molar-refractivity contribution in [3.8, 4) is 5.75 Å². The fraction of sp³-hybridized carbons (Fsp3) is 0.263. The van der Waals surface area contributed by atoms with E-state index in [0.29, 0.717) is 30.1 Å². The number of non-ortho nitro benzene ring substituents is 1. The molecule has 1 aliphatic heterocycles. The maximum Gasteiger partial charge on any atom is 0.269 e. The van der Waals surface area contributed by atoms with E-state index in [1.165, 1.54) is 24.1 Å². The predicted octanol–water partition coefficient (Wildman–Crippen LogP) is 2.48. The largest absolute Gasteiger partial charge is 0.497 e. The van der Waals surface area contributed by atoms with Crippen molar-refractivity contribution in [3.05, 3.63) is 64.2 Å². The molecule has 0 saturated carbocycles. The number of ether oxygens (including phenoxy) is 1. The Morgan fingerprint density at radius 2 is 1.89 bits per heavy atom. The Kier molecular flexibility index (Phi) is 5.07. The molecule has 1 saturated heterocycles. The number of benzene rings is 2. The van der Waals surface area contributed by atoms with Gasteiger partial charge in [-0.25, -0.2) is 0 Å². The highest BCUT2D eigenvalue weighted by atomic mass is 16.6. The van der Waals surface area contributed by atoms with Crippen LogP contribution < -0.4 is 9.64 Å². The van der Waals surface area contributed by atoms with Gasteiger partial charge < -0.3 is 14.5 Å². The van der Waals surface area contributed by atoms with Gasteiger partial charge in [0.05, 0.1) is 12.0 Å². The summed E-state index contributed by atoms with van der Waals surface area (Å²) >= 11 is 0. The van der Waals surface area contributed by atoms with Crippen LogP contribution in [0.2, 0.25) is 0 Å². The normalized spacial score (nSPS) is 17.0. The molecule has 0 N–H and O–H groups in total. The van der Waals surface area contributed by atoms with Gasteiger partial charge in [-0.15, -0.1) is 0 Å². The maximum absolute atomic E-state index is 12.8. The second-order valence-corrected chi connectivity index (χ2v) is 6.17. The van der Waals surface area contributed by atoms with Crippen molar-refractivity contribution < 1.29 is 19.2 Å². The second-order valence-electron chi connectivity index (χ2n) is 6.17. The van der Waals surface area contributed by atoms with Crippen molar-refractivity contribution in [2.24, 2.45) is 0 Å². The lowest BCUT2D eigenvalue weighted by Gasteiger charge is -2.39. The molecule has 0 aromatic heterocycles. The molecule has 0 radical (unpaired) electrons. The second kappa shape index (κ2) is 7.45. The van der Waals surface area contributed by atoms with Gasteiger partial charge in [-0.2, -0.15) is 0 Å². The summed E-state index contributed by atoms with van der Waals surface area (Å²) in [6, 6.07) is 12.0. The van der Waals surface area contributed by atoms with Crippen molar-refractivity contribution in [2.75, 3.05) is 25.1 Å². The maximum atomic E-state index is 12.8. The van der Waals surface area contributed by atoms with Gasteiger partial charge in [0, 0.05) is 36.5 Å². The number of anilines is 1. The van der Waals surface area contributed by atoms with Gasteiger partial charge in [0.15, 0.2) is 0 Å². The minimum Gasteiger partial charge on any atom is -0.497 e. The van der Waals surface area contributed by atoms with E-state index < -0.39 is 11.0 Å². The summed E-state index contributed by atoms with van der Waals surface area (Å²) in [5.74, 6) is 0.105. The Balaban J connectivity index is 1.77. The van der Waals surface area contributed by atoms with E-state index in [9.17, 15) is 19.7 Å². The first kappa shape index (κ1) is 18.4. The molecule has 1 atom stereocenters. The van der Waals surface area contributed by atoms with Crippen LogP contribution in [-0.2, 0) is 4.79 Å². The van der Waals surface area contributed by atoms with Crippen LogP contribution in [0.15, 0.2) is 48.5 Å². The zero-order valence-corrected chi connectivity index (χ0v) is 15.0. The molecule has 1 heterocycles. The first-order valence-corrected chi connectivity index (χ1v) is 8.43. The van der Waals surface area contributed by atoms with E-state index in [0.717, 1.165) is 0 Å². The third-order valence-corrected chi connectivity index (χ3v) is 4.61. The highest BCUT2D eigenvalue weighted by molar-refractivity contribution is 6.03. The quantitative estimate of drug-likeness (QED) is 0.610. The highest BCUT2D eigenvalue weighted by Crippen LogP contribution is 2.24. The van der Waals surface area contributed by atoms with E-state index in [1.54, 1.807) is 48.2 Å². The molecule has 27 heavy (non-hydrogen) atoms. The van der Waals surface area contributed by atoms with Gasteiger partial charge in [0.25, 0.3) is 11.6 Å². The van der Waals surface area contributed by atoms with Gasteiger partial charge in [-0.1, -0.05) is 6.07 Å². The molecule has 8 heteroatoms. The summed E-state index contributed by atoms with van der Waals surface area (Å²) in [6.07, 6.45) is 0. The Labute approximate surface area is 156 Å². The van der Waals surface area contributed by atoms with Gasteiger partial charge in [0.2, 0.25) is 5.91 Å². The summed E-state index contributed by atoms with van der Waals surface area (Å²) in [5, 5.41) is 10.8. The monoisotopic (exact) mass is 369 g/mol. The van der Waals surface area contributed by atoms with Crippen LogP contribution in [0.5, 0.6) is 5.75 Å². The van der Waals surface area contributed by atoms with Crippen LogP contribution in [0.4, 0.5) is 11.4 Å². The zero-order valence-electron chi connectivity index (χ0n) is 15.0. The molecule has 0 spiro atoms. The number of hydrogen-bond acceptors (Lipinski definition) is 5. The van der Waals surface area contributed by atoms with Crippen molar-refractivity contribution >= 4 is 23.2 Å². The average molecular weight is 369 g/mol. The van der Waals surface area contributed by atoms with Gasteiger partial charge in [-0.05, 0) is 37.3 Å². The molecule has 140 valence electrons. The Morgan fingerprint density at radius 1 is 1.19 bits per heavy atom. The first-order chi connectivity index (χ1) is 12.9. The molecule has 0 unspecified atom stereocenters. The number of rotatable bonds is 4. The summed E-state index contributed by atoms with van der Waals surface area (Å²) in [5.41, 5.74) is 0.995. The molecular formula is C19H19N3O5. The van der Waals surface area contributed by atoms with Crippen molar-refractivity contribution in [1.29, 1.82) is 0 Å². The number of methoxy groups -OCH3 is 1. The lowest BCUT2D eigenvalue weighted by atomic mass is 10.1. The Morgan fingerprint density at radius 3 is 2.52 bits per heavy atom. The predicted molar refractivity (Wildman–Crippen MR) is 98.9 cm³/mol. The molecule has 1 aliphatic rings.